The molecular formula is C9H8N2O. The fraction of sp³-hybridized carbons (Fsp3) is 0.111. The smallest absolute Gasteiger partial charge is 0.181 e. The molecule has 2 rings (SSSR count). The lowest BCUT2D eigenvalue weighted by molar-refractivity contribution is 0.602. The predicted octanol–water partition coefficient (Wildman–Crippen LogP) is 2.36. The van der Waals surface area contributed by atoms with E-state index >= 15 is 0 Å². The van der Waals surface area contributed by atoms with Crippen molar-refractivity contribution in [2.75, 3.05) is 0 Å². The lowest BCUT2D eigenvalue weighted by atomic mass is 10.3. The number of rotatable bonds is 0. The maximum atomic E-state index is 7.32. The van der Waals surface area contributed by atoms with E-state index in [1.54, 1.807) is 6.07 Å². The van der Waals surface area contributed by atoms with Crippen LogP contribution in [0.15, 0.2) is 35.1 Å². The fourth-order valence-electron chi connectivity index (χ4n) is 0.803. The quantitative estimate of drug-likeness (QED) is 0.594. The van der Waals surface area contributed by atoms with Gasteiger partial charge in [-0.05, 0) is 12.1 Å². The molecule has 0 saturated heterocycles. The van der Waals surface area contributed by atoms with Gasteiger partial charge < -0.3 is 4.42 Å². The van der Waals surface area contributed by atoms with Crippen LogP contribution in [0.5, 0.6) is 0 Å². The van der Waals surface area contributed by atoms with Gasteiger partial charge in [0.2, 0.25) is 0 Å². The molecule has 2 aromatic rings. The standard InChI is InChI=1S/C7H5NO.C2H3N/c1-2-4-7-6(3-1)8-5-9-7;1-2-3/h1-5H;1H3. The Morgan fingerprint density at radius 3 is 2.75 bits per heavy atom. The molecule has 0 unspecified atom stereocenters. The Balaban J connectivity index is 0.000000213. The third-order valence-corrected chi connectivity index (χ3v) is 1.24. The first-order chi connectivity index (χ1) is 5.88. The van der Waals surface area contributed by atoms with Gasteiger partial charge in [-0.15, -0.1) is 0 Å². The van der Waals surface area contributed by atoms with Crippen LogP contribution in [0.2, 0.25) is 0 Å². The van der Waals surface area contributed by atoms with Gasteiger partial charge in [-0.3, -0.25) is 0 Å². The van der Waals surface area contributed by atoms with Gasteiger partial charge in [-0.1, -0.05) is 12.1 Å². The maximum absolute atomic E-state index is 7.32. The Kier molecular flexibility index (Phi) is 2.86. The van der Waals surface area contributed by atoms with Crippen molar-refractivity contribution >= 4 is 11.1 Å². The van der Waals surface area contributed by atoms with Crippen LogP contribution in [-0.2, 0) is 0 Å². The lowest BCUT2D eigenvalue weighted by Gasteiger charge is -1.79. The third-order valence-electron chi connectivity index (χ3n) is 1.24. The van der Waals surface area contributed by atoms with Crippen molar-refractivity contribution in [3.8, 4) is 6.07 Å². The molecule has 0 radical (unpaired) electrons. The highest BCUT2D eigenvalue weighted by molar-refractivity contribution is 5.71. The molecule has 0 bridgehead atoms. The molecule has 60 valence electrons. The van der Waals surface area contributed by atoms with Crippen molar-refractivity contribution in [1.29, 1.82) is 5.26 Å². The zero-order valence-electron chi connectivity index (χ0n) is 6.69. The van der Waals surface area contributed by atoms with Crippen molar-refractivity contribution < 1.29 is 4.42 Å². The minimum absolute atomic E-state index is 0.845. The molecule has 0 amide bonds. The first kappa shape index (κ1) is 8.28. The number of para-hydroxylation sites is 2. The molecule has 0 spiro atoms. The summed E-state index contributed by atoms with van der Waals surface area (Å²) >= 11 is 0. The largest absolute Gasteiger partial charge is 0.443 e. The number of hydrogen-bond donors (Lipinski definition) is 0. The van der Waals surface area contributed by atoms with Gasteiger partial charge in [-0.25, -0.2) is 4.98 Å². The van der Waals surface area contributed by atoms with Gasteiger partial charge in [-0.2, -0.15) is 5.26 Å². The number of aromatic nitrogens is 1. The Hall–Kier alpha value is -1.82. The summed E-state index contributed by atoms with van der Waals surface area (Å²) in [4.78, 5) is 3.95. The van der Waals surface area contributed by atoms with Gasteiger partial charge in [0, 0.05) is 6.92 Å². The summed E-state index contributed by atoms with van der Waals surface area (Å²) in [5.74, 6) is 0. The zero-order chi connectivity index (χ0) is 8.81. The fourth-order valence-corrected chi connectivity index (χ4v) is 0.803. The van der Waals surface area contributed by atoms with Crippen molar-refractivity contribution in [3.63, 3.8) is 0 Å². The van der Waals surface area contributed by atoms with E-state index in [1.807, 2.05) is 24.3 Å². The second-order valence-electron chi connectivity index (χ2n) is 2.04. The summed E-state index contributed by atoms with van der Waals surface area (Å²) in [7, 11) is 0. The Bertz CT molecular complexity index is 356. The summed E-state index contributed by atoms with van der Waals surface area (Å²) < 4.78 is 5.01. The maximum Gasteiger partial charge on any atom is 0.181 e. The average molecular weight is 160 g/mol. The molecule has 0 aliphatic rings. The van der Waals surface area contributed by atoms with Crippen molar-refractivity contribution in [1.82, 2.24) is 4.98 Å². The second-order valence-corrected chi connectivity index (χ2v) is 2.04. The zero-order valence-corrected chi connectivity index (χ0v) is 6.69. The lowest BCUT2D eigenvalue weighted by Crippen LogP contribution is -1.61. The molecular weight excluding hydrogens is 152 g/mol. The van der Waals surface area contributed by atoms with Crippen LogP contribution in [-0.4, -0.2) is 4.98 Å². The van der Waals surface area contributed by atoms with Crippen molar-refractivity contribution in [3.05, 3.63) is 30.7 Å². The van der Waals surface area contributed by atoms with E-state index in [-0.39, 0.29) is 0 Å². The topological polar surface area (TPSA) is 49.8 Å². The number of oxazole rings is 1. The van der Waals surface area contributed by atoms with Gasteiger partial charge in [0.1, 0.15) is 5.52 Å². The Morgan fingerprint density at radius 2 is 2.08 bits per heavy atom. The van der Waals surface area contributed by atoms with Crippen LogP contribution in [0.1, 0.15) is 6.92 Å². The van der Waals surface area contributed by atoms with Gasteiger partial charge in [0.15, 0.2) is 12.0 Å². The first-order valence-electron chi connectivity index (χ1n) is 3.47. The molecule has 3 nitrogen and oxygen atoms in total. The van der Waals surface area contributed by atoms with E-state index in [4.69, 9.17) is 9.68 Å². The number of nitriles is 1. The number of benzene rings is 1. The first-order valence-corrected chi connectivity index (χ1v) is 3.47. The third kappa shape index (κ3) is 1.83. The van der Waals surface area contributed by atoms with E-state index in [0.29, 0.717) is 0 Å². The molecule has 1 aromatic carbocycles. The summed E-state index contributed by atoms with van der Waals surface area (Å²) in [5, 5.41) is 7.32. The summed E-state index contributed by atoms with van der Waals surface area (Å²) in [6.07, 6.45) is 1.45. The second kappa shape index (κ2) is 4.14. The molecule has 0 N–H and O–H groups in total. The van der Waals surface area contributed by atoms with Crippen LogP contribution < -0.4 is 0 Å². The molecule has 0 aliphatic heterocycles. The number of fused-ring (bicyclic) bond motifs is 1. The molecule has 3 heteroatoms. The van der Waals surface area contributed by atoms with Crippen molar-refractivity contribution in [2.45, 2.75) is 6.92 Å². The normalized spacial score (nSPS) is 8.33. The van der Waals surface area contributed by atoms with Crippen LogP contribution in [0.25, 0.3) is 11.1 Å². The SMILES string of the molecule is CC#N.c1ccc2ocnc2c1. The van der Waals surface area contributed by atoms with E-state index in [0.717, 1.165) is 11.1 Å². The van der Waals surface area contributed by atoms with E-state index in [2.05, 4.69) is 4.98 Å². The Labute approximate surface area is 70.3 Å². The number of hydrogen-bond acceptors (Lipinski definition) is 3. The van der Waals surface area contributed by atoms with Gasteiger partial charge >= 0.3 is 0 Å². The molecule has 1 heterocycles. The van der Waals surface area contributed by atoms with E-state index < -0.39 is 0 Å². The molecule has 0 saturated carbocycles. The molecule has 0 fully saturated rings. The van der Waals surface area contributed by atoms with E-state index in [1.165, 1.54) is 13.3 Å². The highest BCUT2D eigenvalue weighted by atomic mass is 16.3. The predicted molar refractivity (Wildman–Crippen MR) is 45.3 cm³/mol. The van der Waals surface area contributed by atoms with Crippen LogP contribution >= 0.6 is 0 Å². The van der Waals surface area contributed by atoms with Gasteiger partial charge in [0.05, 0.1) is 6.07 Å². The Morgan fingerprint density at radius 1 is 1.42 bits per heavy atom. The van der Waals surface area contributed by atoms with Crippen molar-refractivity contribution in [2.24, 2.45) is 0 Å². The molecule has 1 aromatic heterocycles. The minimum atomic E-state index is 0.845. The van der Waals surface area contributed by atoms with Crippen LogP contribution in [0.3, 0.4) is 0 Å². The monoisotopic (exact) mass is 160 g/mol. The average Bonchev–Trinajstić information content (AvgIpc) is 2.52. The highest BCUT2D eigenvalue weighted by Gasteiger charge is 1.91. The minimum Gasteiger partial charge on any atom is -0.443 e. The van der Waals surface area contributed by atoms with Crippen LogP contribution in [0.4, 0.5) is 0 Å². The molecule has 0 aliphatic carbocycles. The molecule has 0 atom stereocenters. The molecule has 12 heavy (non-hydrogen) atoms. The van der Waals surface area contributed by atoms with Gasteiger partial charge in [0.25, 0.3) is 0 Å². The summed E-state index contributed by atoms with van der Waals surface area (Å²) in [6.45, 7) is 1.43. The summed E-state index contributed by atoms with van der Waals surface area (Å²) in [6, 6.07) is 9.42. The highest BCUT2D eigenvalue weighted by Crippen LogP contribution is 2.09. The number of nitrogens with zero attached hydrogens (tertiary/aromatic N) is 2. The van der Waals surface area contributed by atoms with Crippen LogP contribution in [0, 0.1) is 11.3 Å². The van der Waals surface area contributed by atoms with E-state index in [9.17, 15) is 0 Å². The summed E-state index contributed by atoms with van der Waals surface area (Å²) in [5.41, 5.74) is 1.76.